The molecule has 0 saturated heterocycles. The number of ether oxygens (including phenoxy) is 1. The van der Waals surface area contributed by atoms with Crippen LogP contribution in [0.3, 0.4) is 0 Å². The van der Waals surface area contributed by atoms with Crippen LogP contribution >= 0.6 is 0 Å². The summed E-state index contributed by atoms with van der Waals surface area (Å²) in [5.74, 6) is -0.294. The van der Waals surface area contributed by atoms with Gasteiger partial charge in [0.15, 0.2) is 6.04 Å². The van der Waals surface area contributed by atoms with Gasteiger partial charge in [0.25, 0.3) is 0 Å². The van der Waals surface area contributed by atoms with Crippen molar-refractivity contribution in [3.8, 4) is 0 Å². The van der Waals surface area contributed by atoms with Crippen molar-refractivity contribution in [1.29, 1.82) is 0 Å². The predicted molar refractivity (Wildman–Crippen MR) is 72.6 cm³/mol. The van der Waals surface area contributed by atoms with Crippen LogP contribution in [0.2, 0.25) is 0 Å². The van der Waals surface area contributed by atoms with Crippen molar-refractivity contribution in [2.75, 3.05) is 11.9 Å². The number of hydrogen-bond acceptors (Lipinski definition) is 4. The number of carbonyl (C=O) groups is 1. The van der Waals surface area contributed by atoms with Crippen LogP contribution in [0.25, 0.3) is 0 Å². The number of benzene rings is 1. The minimum absolute atomic E-state index is 0.294. The van der Waals surface area contributed by atoms with Crippen LogP contribution in [0.5, 0.6) is 0 Å². The molecule has 0 bridgehead atoms. The van der Waals surface area contributed by atoms with E-state index in [0.29, 0.717) is 6.61 Å². The van der Waals surface area contributed by atoms with Crippen LogP contribution in [-0.4, -0.2) is 22.4 Å². The Labute approximate surface area is 112 Å². The van der Waals surface area contributed by atoms with Gasteiger partial charge in [-0.05, 0) is 12.5 Å². The number of carbonyl (C=O) groups excluding carboxylic acids is 1. The van der Waals surface area contributed by atoms with Crippen LogP contribution in [0.15, 0.2) is 42.7 Å². The minimum atomic E-state index is -0.523. The number of nitrogens with one attached hydrogen (secondary N) is 1. The summed E-state index contributed by atoms with van der Waals surface area (Å²) < 4.78 is 6.78. The lowest BCUT2D eigenvalue weighted by Crippen LogP contribution is -2.23. The molecule has 19 heavy (non-hydrogen) atoms. The lowest BCUT2D eigenvalue weighted by Gasteiger charge is -2.17. The quantitative estimate of drug-likeness (QED) is 0.836. The molecule has 0 amide bonds. The molecule has 0 fully saturated rings. The molecule has 0 aliphatic heterocycles. The van der Waals surface area contributed by atoms with Gasteiger partial charge in [-0.1, -0.05) is 30.3 Å². The Bertz CT molecular complexity index is 537. The van der Waals surface area contributed by atoms with E-state index >= 15 is 0 Å². The number of nitrogens with zero attached hydrogens (tertiary/aromatic N) is 2. The molecule has 0 aliphatic rings. The molecule has 1 atom stereocenters. The van der Waals surface area contributed by atoms with E-state index in [1.165, 1.54) is 0 Å². The molecular formula is C14H17N3O2. The first-order chi connectivity index (χ1) is 9.20. The molecule has 0 spiro atoms. The Hall–Kier alpha value is -2.30. The molecule has 2 rings (SSSR count). The summed E-state index contributed by atoms with van der Waals surface area (Å²) in [6, 6.07) is 8.97. The molecule has 0 saturated carbocycles. The third-order valence-corrected chi connectivity index (χ3v) is 2.67. The van der Waals surface area contributed by atoms with Crippen molar-refractivity contribution in [3.63, 3.8) is 0 Å². The van der Waals surface area contributed by atoms with E-state index in [1.807, 2.05) is 43.6 Å². The maximum Gasteiger partial charge on any atom is 0.333 e. The molecule has 1 unspecified atom stereocenters. The summed E-state index contributed by atoms with van der Waals surface area (Å²) in [6.07, 6.45) is 3.49. The Morgan fingerprint density at radius 1 is 1.42 bits per heavy atom. The number of aryl methyl sites for hydroxylation is 1. The summed E-state index contributed by atoms with van der Waals surface area (Å²) in [5.41, 5.74) is 1.65. The van der Waals surface area contributed by atoms with Gasteiger partial charge < -0.3 is 10.1 Å². The van der Waals surface area contributed by atoms with Gasteiger partial charge in [0, 0.05) is 13.2 Å². The van der Waals surface area contributed by atoms with Gasteiger partial charge in [-0.25, -0.2) is 4.79 Å². The molecule has 1 heterocycles. The second-order valence-corrected chi connectivity index (χ2v) is 4.14. The van der Waals surface area contributed by atoms with Gasteiger partial charge in [0.2, 0.25) is 0 Å². The second kappa shape index (κ2) is 6.04. The van der Waals surface area contributed by atoms with Gasteiger partial charge in [-0.15, -0.1) is 0 Å². The number of hydrogen-bond donors (Lipinski definition) is 1. The van der Waals surface area contributed by atoms with Crippen LogP contribution in [0.4, 0.5) is 5.69 Å². The zero-order valence-electron chi connectivity index (χ0n) is 11.0. The van der Waals surface area contributed by atoms with Gasteiger partial charge in [-0.2, -0.15) is 5.10 Å². The van der Waals surface area contributed by atoms with E-state index in [1.54, 1.807) is 17.8 Å². The molecule has 0 radical (unpaired) electrons. The third-order valence-electron chi connectivity index (χ3n) is 2.67. The lowest BCUT2D eigenvalue weighted by molar-refractivity contribution is -0.144. The van der Waals surface area contributed by atoms with E-state index in [-0.39, 0.29) is 5.97 Å². The van der Waals surface area contributed by atoms with E-state index in [0.717, 1.165) is 11.3 Å². The van der Waals surface area contributed by atoms with Crippen LogP contribution in [0.1, 0.15) is 18.5 Å². The van der Waals surface area contributed by atoms with Crippen LogP contribution < -0.4 is 5.32 Å². The summed E-state index contributed by atoms with van der Waals surface area (Å²) in [4.78, 5) is 12.0. The highest BCUT2D eigenvalue weighted by Gasteiger charge is 2.21. The fourth-order valence-corrected chi connectivity index (χ4v) is 1.81. The van der Waals surface area contributed by atoms with Crippen molar-refractivity contribution in [2.24, 2.45) is 7.05 Å². The molecule has 1 aromatic heterocycles. The average molecular weight is 259 g/mol. The smallest absolute Gasteiger partial charge is 0.333 e. The van der Waals surface area contributed by atoms with Gasteiger partial charge in [0.1, 0.15) is 0 Å². The second-order valence-electron chi connectivity index (χ2n) is 4.14. The van der Waals surface area contributed by atoms with E-state index in [2.05, 4.69) is 10.4 Å². The maximum atomic E-state index is 12.0. The van der Waals surface area contributed by atoms with Crippen LogP contribution in [0, 0.1) is 0 Å². The topological polar surface area (TPSA) is 56.1 Å². The normalized spacial score (nSPS) is 11.9. The van der Waals surface area contributed by atoms with Gasteiger partial charge >= 0.3 is 5.97 Å². The largest absolute Gasteiger partial charge is 0.464 e. The van der Waals surface area contributed by atoms with E-state index in [9.17, 15) is 4.79 Å². The summed E-state index contributed by atoms with van der Waals surface area (Å²) in [7, 11) is 1.83. The van der Waals surface area contributed by atoms with Gasteiger partial charge in [-0.3, -0.25) is 4.68 Å². The van der Waals surface area contributed by atoms with E-state index < -0.39 is 6.04 Å². The average Bonchev–Trinajstić information content (AvgIpc) is 2.83. The highest BCUT2D eigenvalue weighted by atomic mass is 16.5. The Morgan fingerprint density at radius 3 is 2.74 bits per heavy atom. The van der Waals surface area contributed by atoms with Gasteiger partial charge in [0.05, 0.1) is 18.5 Å². The van der Waals surface area contributed by atoms with Crippen molar-refractivity contribution < 1.29 is 9.53 Å². The predicted octanol–water partition coefficient (Wildman–Crippen LogP) is 2.14. The first-order valence-electron chi connectivity index (χ1n) is 6.17. The zero-order chi connectivity index (χ0) is 13.7. The number of anilines is 1. The molecule has 0 aliphatic carbocycles. The zero-order valence-corrected chi connectivity index (χ0v) is 11.0. The van der Waals surface area contributed by atoms with E-state index in [4.69, 9.17) is 4.74 Å². The monoisotopic (exact) mass is 259 g/mol. The Balaban J connectivity index is 2.22. The molecule has 2 aromatic rings. The summed E-state index contributed by atoms with van der Waals surface area (Å²) >= 11 is 0. The molecule has 5 nitrogen and oxygen atoms in total. The lowest BCUT2D eigenvalue weighted by atomic mass is 10.1. The maximum absolute atomic E-state index is 12.0. The summed E-state index contributed by atoms with van der Waals surface area (Å²) in [5, 5.41) is 7.21. The SMILES string of the molecule is CCOC(=O)C(Nc1cnn(C)c1)c1ccccc1. The van der Waals surface area contributed by atoms with Crippen molar-refractivity contribution >= 4 is 11.7 Å². The number of aromatic nitrogens is 2. The fourth-order valence-electron chi connectivity index (χ4n) is 1.81. The van der Waals surface area contributed by atoms with Crippen molar-refractivity contribution in [3.05, 3.63) is 48.3 Å². The highest BCUT2D eigenvalue weighted by molar-refractivity contribution is 5.81. The number of rotatable bonds is 5. The molecule has 100 valence electrons. The number of esters is 1. The third kappa shape index (κ3) is 3.34. The molecule has 5 heteroatoms. The first kappa shape index (κ1) is 13.1. The Morgan fingerprint density at radius 2 is 2.16 bits per heavy atom. The molecular weight excluding hydrogens is 242 g/mol. The highest BCUT2D eigenvalue weighted by Crippen LogP contribution is 2.20. The summed E-state index contributed by atoms with van der Waals surface area (Å²) in [6.45, 7) is 2.15. The first-order valence-corrected chi connectivity index (χ1v) is 6.17. The molecule has 1 aromatic carbocycles. The Kier molecular flexibility index (Phi) is 4.18. The van der Waals surface area contributed by atoms with Crippen LogP contribution in [-0.2, 0) is 16.6 Å². The van der Waals surface area contributed by atoms with Crippen molar-refractivity contribution in [1.82, 2.24) is 9.78 Å². The minimum Gasteiger partial charge on any atom is -0.464 e. The van der Waals surface area contributed by atoms with Crippen molar-refractivity contribution in [2.45, 2.75) is 13.0 Å². The molecule has 1 N–H and O–H groups in total. The fraction of sp³-hybridized carbons (Fsp3) is 0.286. The standard InChI is InChI=1S/C14H17N3O2/c1-3-19-14(18)13(11-7-5-4-6-8-11)16-12-9-15-17(2)10-12/h4-10,13,16H,3H2,1-2H3.